The zero-order valence-corrected chi connectivity index (χ0v) is 16.3. The van der Waals surface area contributed by atoms with Crippen molar-refractivity contribution in [1.82, 2.24) is 4.90 Å². The summed E-state index contributed by atoms with van der Waals surface area (Å²) in [6.07, 6.45) is 0.976. The molecule has 7 nitrogen and oxygen atoms in total. The molecule has 1 atom stereocenters. The Morgan fingerprint density at radius 3 is 2.21 bits per heavy atom. The first-order valence-corrected chi connectivity index (χ1v) is 9.61. The first kappa shape index (κ1) is 19.8. The predicted molar refractivity (Wildman–Crippen MR) is 111 cm³/mol. The van der Waals surface area contributed by atoms with Crippen molar-refractivity contribution in [3.05, 3.63) is 64.2 Å². The fourth-order valence-electron chi connectivity index (χ4n) is 3.39. The molecule has 0 radical (unpaired) electrons. The number of non-ortho nitro benzene ring substituents is 1. The summed E-state index contributed by atoms with van der Waals surface area (Å²) in [6.45, 7) is 7.12. The number of carbonyl (C=O) groups is 1. The number of benzene rings is 2. The van der Waals surface area contributed by atoms with E-state index in [9.17, 15) is 14.9 Å². The van der Waals surface area contributed by atoms with Gasteiger partial charge in [-0.05, 0) is 43.2 Å². The van der Waals surface area contributed by atoms with E-state index in [2.05, 4.69) is 22.0 Å². The van der Waals surface area contributed by atoms with E-state index in [-0.39, 0.29) is 17.6 Å². The number of carbonyl (C=O) groups excluding carboxylic acids is 1. The van der Waals surface area contributed by atoms with Crippen molar-refractivity contribution in [2.24, 2.45) is 0 Å². The molecule has 1 aliphatic heterocycles. The second kappa shape index (κ2) is 8.84. The van der Waals surface area contributed by atoms with E-state index in [0.29, 0.717) is 0 Å². The lowest BCUT2D eigenvalue weighted by atomic mass is 10.1. The molecule has 3 rings (SSSR count). The van der Waals surface area contributed by atoms with Crippen molar-refractivity contribution in [2.45, 2.75) is 26.3 Å². The van der Waals surface area contributed by atoms with Crippen LogP contribution in [0.15, 0.2) is 48.5 Å². The van der Waals surface area contributed by atoms with Crippen LogP contribution < -0.4 is 10.2 Å². The van der Waals surface area contributed by atoms with E-state index < -0.39 is 4.92 Å². The number of nitrogens with one attached hydrogen (secondary N) is 1. The highest BCUT2D eigenvalue weighted by molar-refractivity contribution is 5.94. The molecule has 1 saturated heterocycles. The molecule has 7 heteroatoms. The third-order valence-corrected chi connectivity index (χ3v) is 5.30. The number of piperazine rings is 1. The Bertz CT molecular complexity index is 813. The molecule has 0 spiro atoms. The van der Waals surface area contributed by atoms with E-state index in [4.69, 9.17) is 0 Å². The van der Waals surface area contributed by atoms with E-state index in [0.717, 1.165) is 44.0 Å². The largest absolute Gasteiger partial charge is 0.369 e. The molecule has 1 heterocycles. The van der Waals surface area contributed by atoms with Gasteiger partial charge in [-0.2, -0.15) is 0 Å². The minimum absolute atomic E-state index is 0.00645. The number of aryl methyl sites for hydroxylation is 1. The summed E-state index contributed by atoms with van der Waals surface area (Å²) in [6, 6.07) is 14.3. The number of amides is 1. The maximum Gasteiger partial charge on any atom is 0.269 e. The summed E-state index contributed by atoms with van der Waals surface area (Å²) < 4.78 is 0. The summed E-state index contributed by atoms with van der Waals surface area (Å²) in [5, 5.41) is 13.8. The molecule has 1 unspecified atom stereocenters. The number of hydrogen-bond donors (Lipinski definition) is 1. The van der Waals surface area contributed by atoms with Crippen LogP contribution in [0.25, 0.3) is 0 Å². The number of nitro benzene ring substituents is 1. The highest BCUT2D eigenvalue weighted by atomic mass is 16.6. The summed E-state index contributed by atoms with van der Waals surface area (Å²) in [4.78, 5) is 27.3. The van der Waals surface area contributed by atoms with Crippen LogP contribution >= 0.6 is 0 Å². The first-order valence-electron chi connectivity index (χ1n) is 9.61. The van der Waals surface area contributed by atoms with Crippen LogP contribution in [0.4, 0.5) is 17.1 Å². The van der Waals surface area contributed by atoms with E-state index in [1.165, 1.54) is 17.7 Å². The Morgan fingerprint density at radius 2 is 1.68 bits per heavy atom. The Kier molecular flexibility index (Phi) is 6.26. The molecule has 1 aliphatic rings. The fraction of sp³-hybridized carbons (Fsp3) is 0.381. The van der Waals surface area contributed by atoms with Crippen molar-refractivity contribution < 1.29 is 9.72 Å². The zero-order chi connectivity index (χ0) is 20.1. The Hall–Kier alpha value is -2.93. The third kappa shape index (κ3) is 4.67. The lowest BCUT2D eigenvalue weighted by molar-refractivity contribution is -0.384. The molecule has 1 N–H and O–H groups in total. The minimum atomic E-state index is -0.391. The highest BCUT2D eigenvalue weighted by Crippen LogP contribution is 2.21. The van der Waals surface area contributed by atoms with Gasteiger partial charge in [0.25, 0.3) is 5.69 Å². The number of anilines is 2. The predicted octanol–water partition coefficient (Wildman–Crippen LogP) is 3.31. The van der Waals surface area contributed by atoms with Gasteiger partial charge in [-0.3, -0.25) is 19.8 Å². The van der Waals surface area contributed by atoms with E-state index in [1.54, 1.807) is 12.1 Å². The summed E-state index contributed by atoms with van der Waals surface area (Å²) in [7, 11) is 0. The van der Waals surface area contributed by atoms with Gasteiger partial charge in [0.05, 0.1) is 11.0 Å². The van der Waals surface area contributed by atoms with Gasteiger partial charge in [-0.1, -0.05) is 19.1 Å². The van der Waals surface area contributed by atoms with Gasteiger partial charge in [0.2, 0.25) is 5.91 Å². The smallest absolute Gasteiger partial charge is 0.269 e. The van der Waals surface area contributed by atoms with Crippen molar-refractivity contribution >= 4 is 23.0 Å². The van der Waals surface area contributed by atoms with Crippen LogP contribution in [0.3, 0.4) is 0 Å². The maximum absolute atomic E-state index is 12.6. The van der Waals surface area contributed by atoms with Crippen molar-refractivity contribution in [3.63, 3.8) is 0 Å². The molecule has 0 saturated carbocycles. The molecular weight excluding hydrogens is 356 g/mol. The SMILES string of the molecule is CCc1ccc(NC(=O)C(C)N2CCN(c3ccc([N+](=O)[O-])cc3)CC2)cc1. The Balaban J connectivity index is 1.53. The maximum atomic E-state index is 12.6. The Morgan fingerprint density at radius 1 is 1.07 bits per heavy atom. The lowest BCUT2D eigenvalue weighted by Crippen LogP contribution is -2.52. The summed E-state index contributed by atoms with van der Waals surface area (Å²) in [5.74, 6) is -0.00645. The van der Waals surface area contributed by atoms with Gasteiger partial charge in [-0.15, -0.1) is 0 Å². The minimum Gasteiger partial charge on any atom is -0.369 e. The molecule has 1 fully saturated rings. The quantitative estimate of drug-likeness (QED) is 0.613. The number of nitrogens with zero attached hydrogens (tertiary/aromatic N) is 3. The number of rotatable bonds is 6. The Labute approximate surface area is 165 Å². The van der Waals surface area contributed by atoms with Gasteiger partial charge in [-0.25, -0.2) is 0 Å². The second-order valence-electron chi connectivity index (χ2n) is 7.01. The molecule has 0 aliphatic carbocycles. The van der Waals surface area contributed by atoms with Crippen LogP contribution in [0.2, 0.25) is 0 Å². The van der Waals surface area contributed by atoms with Gasteiger partial charge in [0, 0.05) is 49.7 Å². The van der Waals surface area contributed by atoms with E-state index in [1.807, 2.05) is 31.2 Å². The number of hydrogen-bond acceptors (Lipinski definition) is 5. The van der Waals surface area contributed by atoms with Crippen LogP contribution in [0.5, 0.6) is 0 Å². The average Bonchev–Trinajstić information content (AvgIpc) is 2.74. The van der Waals surface area contributed by atoms with Crippen LogP contribution in [0, 0.1) is 10.1 Å². The van der Waals surface area contributed by atoms with Crippen molar-refractivity contribution in [3.8, 4) is 0 Å². The molecular formula is C21H26N4O3. The molecule has 0 bridgehead atoms. The molecule has 2 aromatic carbocycles. The van der Waals surface area contributed by atoms with Crippen molar-refractivity contribution in [2.75, 3.05) is 36.4 Å². The topological polar surface area (TPSA) is 78.7 Å². The second-order valence-corrected chi connectivity index (χ2v) is 7.01. The van der Waals surface area contributed by atoms with Gasteiger partial charge < -0.3 is 10.2 Å². The molecule has 0 aromatic heterocycles. The highest BCUT2D eigenvalue weighted by Gasteiger charge is 2.26. The zero-order valence-electron chi connectivity index (χ0n) is 16.3. The molecule has 1 amide bonds. The van der Waals surface area contributed by atoms with Crippen LogP contribution in [-0.2, 0) is 11.2 Å². The average molecular weight is 382 g/mol. The summed E-state index contributed by atoms with van der Waals surface area (Å²) in [5.41, 5.74) is 3.13. The monoisotopic (exact) mass is 382 g/mol. The molecule has 28 heavy (non-hydrogen) atoms. The fourth-order valence-corrected chi connectivity index (χ4v) is 3.39. The van der Waals surface area contributed by atoms with Gasteiger partial charge in [0.15, 0.2) is 0 Å². The molecule has 2 aromatic rings. The van der Waals surface area contributed by atoms with Crippen LogP contribution in [-0.4, -0.2) is 48.0 Å². The molecule has 148 valence electrons. The standard InChI is InChI=1S/C21H26N4O3/c1-3-17-4-6-18(7-5-17)22-21(26)16(2)23-12-14-24(15-13-23)19-8-10-20(11-9-19)25(27)28/h4-11,16H,3,12-15H2,1-2H3,(H,22,26). The third-order valence-electron chi connectivity index (χ3n) is 5.30. The van der Waals surface area contributed by atoms with Gasteiger partial charge in [0.1, 0.15) is 0 Å². The summed E-state index contributed by atoms with van der Waals surface area (Å²) >= 11 is 0. The van der Waals surface area contributed by atoms with Crippen LogP contribution in [0.1, 0.15) is 19.4 Å². The normalized spacial score (nSPS) is 15.9. The lowest BCUT2D eigenvalue weighted by Gasteiger charge is -2.38. The first-order chi connectivity index (χ1) is 13.5. The van der Waals surface area contributed by atoms with Gasteiger partial charge >= 0.3 is 0 Å². The van der Waals surface area contributed by atoms with Crippen molar-refractivity contribution in [1.29, 1.82) is 0 Å². The van der Waals surface area contributed by atoms with E-state index >= 15 is 0 Å². The number of nitro groups is 1.